The van der Waals surface area contributed by atoms with Gasteiger partial charge >= 0.3 is 0 Å². The standard InChI is InChI=1S/C11H17N3/c1-7-4-5-8-10(7)14-11(13-8)9-3-2-6-12-9/h7,9,12H,2-6H2,1H3,(H,13,14). The molecular formula is C11H17N3. The lowest BCUT2D eigenvalue weighted by molar-refractivity contribution is 0.601. The van der Waals surface area contributed by atoms with Crippen LogP contribution in [0, 0.1) is 0 Å². The van der Waals surface area contributed by atoms with Crippen LogP contribution in [0.1, 0.15) is 55.4 Å². The molecule has 3 heteroatoms. The van der Waals surface area contributed by atoms with Gasteiger partial charge in [-0.15, -0.1) is 0 Å². The van der Waals surface area contributed by atoms with E-state index in [4.69, 9.17) is 4.98 Å². The van der Waals surface area contributed by atoms with Gasteiger partial charge in [-0.1, -0.05) is 6.92 Å². The SMILES string of the molecule is CC1CCc2[nH]c(C3CCCN3)nc21. The molecule has 3 nitrogen and oxygen atoms in total. The van der Waals surface area contributed by atoms with Crippen molar-refractivity contribution in [2.75, 3.05) is 6.54 Å². The van der Waals surface area contributed by atoms with Crippen molar-refractivity contribution in [3.05, 3.63) is 17.2 Å². The van der Waals surface area contributed by atoms with Crippen molar-refractivity contribution >= 4 is 0 Å². The summed E-state index contributed by atoms with van der Waals surface area (Å²) in [5, 5.41) is 3.48. The molecule has 2 N–H and O–H groups in total. The summed E-state index contributed by atoms with van der Waals surface area (Å²) in [6.07, 6.45) is 4.98. The number of nitrogens with zero attached hydrogens (tertiary/aromatic N) is 1. The Balaban J connectivity index is 1.90. The summed E-state index contributed by atoms with van der Waals surface area (Å²) in [4.78, 5) is 8.23. The zero-order valence-electron chi connectivity index (χ0n) is 8.64. The maximum absolute atomic E-state index is 4.74. The van der Waals surface area contributed by atoms with Crippen molar-refractivity contribution < 1.29 is 0 Å². The Hall–Kier alpha value is -0.830. The minimum atomic E-state index is 0.493. The molecule has 1 aromatic heterocycles. The first-order valence-corrected chi connectivity index (χ1v) is 5.66. The molecule has 2 unspecified atom stereocenters. The smallest absolute Gasteiger partial charge is 0.123 e. The summed E-state index contributed by atoms with van der Waals surface area (Å²) in [6, 6.07) is 0.493. The number of hydrogen-bond donors (Lipinski definition) is 2. The number of nitrogens with one attached hydrogen (secondary N) is 2. The van der Waals surface area contributed by atoms with Crippen LogP contribution in [0.5, 0.6) is 0 Å². The van der Waals surface area contributed by atoms with Gasteiger partial charge in [0.25, 0.3) is 0 Å². The fraction of sp³-hybridized carbons (Fsp3) is 0.727. The summed E-state index contributed by atoms with van der Waals surface area (Å²) < 4.78 is 0. The maximum atomic E-state index is 4.74. The summed E-state index contributed by atoms with van der Waals surface area (Å²) >= 11 is 0. The van der Waals surface area contributed by atoms with Gasteiger partial charge in [-0.25, -0.2) is 4.98 Å². The predicted octanol–water partition coefficient (Wildman–Crippen LogP) is 1.88. The molecule has 0 bridgehead atoms. The van der Waals surface area contributed by atoms with E-state index in [1.54, 1.807) is 0 Å². The zero-order chi connectivity index (χ0) is 9.54. The van der Waals surface area contributed by atoms with E-state index in [0.717, 1.165) is 6.54 Å². The molecular weight excluding hydrogens is 174 g/mol. The largest absolute Gasteiger partial charge is 0.344 e. The zero-order valence-corrected chi connectivity index (χ0v) is 8.64. The van der Waals surface area contributed by atoms with Gasteiger partial charge in [0.15, 0.2) is 0 Å². The molecule has 1 aromatic rings. The van der Waals surface area contributed by atoms with Crippen molar-refractivity contribution in [3.8, 4) is 0 Å². The molecule has 76 valence electrons. The number of fused-ring (bicyclic) bond motifs is 1. The second-order valence-corrected chi connectivity index (χ2v) is 4.57. The fourth-order valence-electron chi connectivity index (χ4n) is 2.62. The van der Waals surface area contributed by atoms with Gasteiger partial charge in [-0.2, -0.15) is 0 Å². The number of aromatic nitrogens is 2. The molecule has 0 aromatic carbocycles. The van der Waals surface area contributed by atoms with Crippen LogP contribution in [-0.2, 0) is 6.42 Å². The quantitative estimate of drug-likeness (QED) is 0.711. The molecule has 2 atom stereocenters. The Morgan fingerprint density at radius 2 is 2.29 bits per heavy atom. The molecule has 0 amide bonds. The van der Waals surface area contributed by atoms with Crippen molar-refractivity contribution in [2.24, 2.45) is 0 Å². The number of aromatic amines is 1. The lowest BCUT2D eigenvalue weighted by Crippen LogP contribution is -2.14. The molecule has 0 spiro atoms. The van der Waals surface area contributed by atoms with E-state index >= 15 is 0 Å². The summed E-state index contributed by atoms with van der Waals surface area (Å²) in [7, 11) is 0. The number of hydrogen-bond acceptors (Lipinski definition) is 2. The summed E-state index contributed by atoms with van der Waals surface area (Å²) in [5.41, 5.74) is 2.72. The minimum Gasteiger partial charge on any atom is -0.344 e. The molecule has 0 radical (unpaired) electrons. The van der Waals surface area contributed by atoms with Crippen LogP contribution in [-0.4, -0.2) is 16.5 Å². The first kappa shape index (κ1) is 8.48. The number of imidazole rings is 1. The third kappa shape index (κ3) is 1.19. The average molecular weight is 191 g/mol. The van der Waals surface area contributed by atoms with E-state index in [1.165, 1.54) is 42.9 Å². The highest BCUT2D eigenvalue weighted by atomic mass is 15.0. The van der Waals surface area contributed by atoms with Crippen LogP contribution in [0.25, 0.3) is 0 Å². The van der Waals surface area contributed by atoms with E-state index in [-0.39, 0.29) is 0 Å². The monoisotopic (exact) mass is 191 g/mol. The maximum Gasteiger partial charge on any atom is 0.123 e. The van der Waals surface area contributed by atoms with Gasteiger partial charge in [-0.3, -0.25) is 0 Å². The Morgan fingerprint density at radius 3 is 3.00 bits per heavy atom. The molecule has 1 aliphatic heterocycles. The lowest BCUT2D eigenvalue weighted by Gasteiger charge is -2.06. The Kier molecular flexibility index (Phi) is 1.87. The van der Waals surface area contributed by atoms with Crippen LogP contribution in [0.3, 0.4) is 0 Å². The van der Waals surface area contributed by atoms with Gasteiger partial charge in [0.05, 0.1) is 11.7 Å². The van der Waals surface area contributed by atoms with Crippen LogP contribution < -0.4 is 5.32 Å². The van der Waals surface area contributed by atoms with Crippen molar-refractivity contribution in [1.82, 2.24) is 15.3 Å². The van der Waals surface area contributed by atoms with E-state index in [0.29, 0.717) is 12.0 Å². The second kappa shape index (κ2) is 3.09. The molecule has 14 heavy (non-hydrogen) atoms. The van der Waals surface area contributed by atoms with Crippen molar-refractivity contribution in [2.45, 2.75) is 44.6 Å². The number of rotatable bonds is 1. The highest BCUT2D eigenvalue weighted by Crippen LogP contribution is 2.32. The lowest BCUT2D eigenvalue weighted by atomic mass is 10.1. The fourth-order valence-corrected chi connectivity index (χ4v) is 2.62. The van der Waals surface area contributed by atoms with Gasteiger partial charge in [0.2, 0.25) is 0 Å². The van der Waals surface area contributed by atoms with Crippen molar-refractivity contribution in [1.29, 1.82) is 0 Å². The highest BCUT2D eigenvalue weighted by Gasteiger charge is 2.26. The minimum absolute atomic E-state index is 0.493. The number of H-pyrrole nitrogens is 1. The van der Waals surface area contributed by atoms with E-state index in [2.05, 4.69) is 17.2 Å². The van der Waals surface area contributed by atoms with Gasteiger partial charge in [0.1, 0.15) is 5.82 Å². The molecule has 3 rings (SSSR count). The van der Waals surface area contributed by atoms with E-state index in [9.17, 15) is 0 Å². The van der Waals surface area contributed by atoms with Gasteiger partial charge in [0, 0.05) is 11.6 Å². The molecule has 0 saturated carbocycles. The van der Waals surface area contributed by atoms with E-state index in [1.807, 2.05) is 0 Å². The molecule has 2 heterocycles. The van der Waals surface area contributed by atoms with Crippen LogP contribution in [0.4, 0.5) is 0 Å². The molecule has 1 aliphatic carbocycles. The highest BCUT2D eigenvalue weighted by molar-refractivity contribution is 5.25. The third-order valence-corrected chi connectivity index (χ3v) is 3.51. The topological polar surface area (TPSA) is 40.7 Å². The summed E-state index contributed by atoms with van der Waals surface area (Å²) in [6.45, 7) is 3.42. The first-order chi connectivity index (χ1) is 6.84. The predicted molar refractivity (Wildman–Crippen MR) is 55.3 cm³/mol. The van der Waals surface area contributed by atoms with E-state index < -0.39 is 0 Å². The Bertz CT molecular complexity index is 336. The van der Waals surface area contributed by atoms with Crippen LogP contribution in [0.2, 0.25) is 0 Å². The number of aryl methyl sites for hydroxylation is 1. The van der Waals surface area contributed by atoms with Crippen LogP contribution in [0.15, 0.2) is 0 Å². The average Bonchev–Trinajstić information content (AvgIpc) is 2.83. The summed E-state index contributed by atoms with van der Waals surface area (Å²) in [5.74, 6) is 1.84. The first-order valence-electron chi connectivity index (χ1n) is 5.66. The second-order valence-electron chi connectivity index (χ2n) is 4.57. The third-order valence-electron chi connectivity index (χ3n) is 3.51. The van der Waals surface area contributed by atoms with Crippen molar-refractivity contribution in [3.63, 3.8) is 0 Å². The normalized spacial score (nSPS) is 30.9. The Labute approximate surface area is 84.3 Å². The molecule has 2 aliphatic rings. The molecule has 1 saturated heterocycles. The van der Waals surface area contributed by atoms with Crippen LogP contribution >= 0.6 is 0 Å². The van der Waals surface area contributed by atoms with Gasteiger partial charge < -0.3 is 10.3 Å². The Morgan fingerprint density at radius 1 is 1.36 bits per heavy atom. The molecule has 1 fully saturated rings. The van der Waals surface area contributed by atoms with Gasteiger partial charge in [-0.05, 0) is 32.2 Å².